The lowest BCUT2D eigenvalue weighted by atomic mass is 9.72. The minimum absolute atomic E-state index is 0.418. The van der Waals surface area contributed by atoms with Crippen molar-refractivity contribution in [3.63, 3.8) is 0 Å². The van der Waals surface area contributed by atoms with Crippen LogP contribution >= 0.6 is 0 Å². The molecule has 4 atom stereocenters. The molecule has 0 radical (unpaired) electrons. The Kier molecular flexibility index (Phi) is 4.39. The first-order valence-corrected chi connectivity index (χ1v) is 7.22. The van der Waals surface area contributed by atoms with Gasteiger partial charge < -0.3 is 5.32 Å². The molecule has 4 unspecified atom stereocenters. The van der Waals surface area contributed by atoms with Crippen LogP contribution in [0.3, 0.4) is 0 Å². The zero-order valence-corrected chi connectivity index (χ0v) is 12.1. The van der Waals surface area contributed by atoms with Crippen LogP contribution in [0.1, 0.15) is 50.4 Å². The van der Waals surface area contributed by atoms with Gasteiger partial charge in [0.25, 0.3) is 0 Å². The Labute approximate surface area is 111 Å². The summed E-state index contributed by atoms with van der Waals surface area (Å²) in [5, 5.41) is 3.50. The molecule has 0 amide bonds. The number of aryl methyl sites for hydroxylation is 1. The molecule has 2 nitrogen and oxygen atoms in total. The second kappa shape index (κ2) is 5.83. The van der Waals surface area contributed by atoms with Gasteiger partial charge in [0, 0.05) is 6.20 Å². The highest BCUT2D eigenvalue weighted by molar-refractivity contribution is 5.22. The lowest BCUT2D eigenvalue weighted by molar-refractivity contribution is 0.173. The van der Waals surface area contributed by atoms with Crippen molar-refractivity contribution in [1.82, 2.24) is 10.3 Å². The summed E-state index contributed by atoms with van der Waals surface area (Å²) in [6.07, 6.45) is 5.92. The van der Waals surface area contributed by atoms with Crippen molar-refractivity contribution < 1.29 is 0 Å². The molecule has 0 aromatic carbocycles. The average Bonchev–Trinajstić information content (AvgIpc) is 2.37. The summed E-state index contributed by atoms with van der Waals surface area (Å²) in [7, 11) is 2.07. The molecule has 1 aromatic rings. The highest BCUT2D eigenvalue weighted by Crippen LogP contribution is 2.39. The van der Waals surface area contributed by atoms with Crippen LogP contribution in [-0.4, -0.2) is 12.0 Å². The molecule has 1 fully saturated rings. The van der Waals surface area contributed by atoms with Gasteiger partial charge in [0.05, 0.1) is 11.7 Å². The van der Waals surface area contributed by atoms with Crippen LogP contribution in [0.25, 0.3) is 0 Å². The van der Waals surface area contributed by atoms with Crippen LogP contribution in [0.4, 0.5) is 0 Å². The third kappa shape index (κ3) is 2.74. The Morgan fingerprint density at radius 3 is 2.67 bits per heavy atom. The second-order valence-corrected chi connectivity index (χ2v) is 6.00. The van der Waals surface area contributed by atoms with E-state index in [1.54, 1.807) is 0 Å². The molecule has 1 saturated carbocycles. The molecule has 0 saturated heterocycles. The van der Waals surface area contributed by atoms with Gasteiger partial charge in [-0.15, -0.1) is 0 Å². The van der Waals surface area contributed by atoms with Crippen LogP contribution < -0.4 is 5.32 Å². The maximum absolute atomic E-state index is 4.61. The van der Waals surface area contributed by atoms with Crippen LogP contribution in [0.15, 0.2) is 18.3 Å². The molecule has 1 aromatic heterocycles. The van der Waals surface area contributed by atoms with Gasteiger partial charge in [0.15, 0.2) is 0 Å². The van der Waals surface area contributed by atoms with Crippen molar-refractivity contribution in [1.29, 1.82) is 0 Å². The first-order chi connectivity index (χ1) is 8.63. The van der Waals surface area contributed by atoms with Crippen molar-refractivity contribution in [2.24, 2.45) is 17.8 Å². The van der Waals surface area contributed by atoms with E-state index in [2.05, 4.69) is 44.2 Å². The SMILES string of the molecule is CNC(c1ncccc1C)C1CCC(C)C(C)C1. The summed E-state index contributed by atoms with van der Waals surface area (Å²) >= 11 is 0. The van der Waals surface area contributed by atoms with E-state index in [0.29, 0.717) is 6.04 Å². The Balaban J connectivity index is 2.17. The Morgan fingerprint density at radius 2 is 2.06 bits per heavy atom. The first-order valence-electron chi connectivity index (χ1n) is 7.22. The highest BCUT2D eigenvalue weighted by atomic mass is 14.9. The van der Waals surface area contributed by atoms with Gasteiger partial charge in [-0.25, -0.2) is 0 Å². The summed E-state index contributed by atoms with van der Waals surface area (Å²) in [6, 6.07) is 4.61. The normalized spacial score (nSPS) is 30.1. The molecule has 2 rings (SSSR count). The van der Waals surface area contributed by atoms with E-state index in [0.717, 1.165) is 17.8 Å². The maximum atomic E-state index is 4.61. The summed E-state index contributed by atoms with van der Waals surface area (Å²) in [5.41, 5.74) is 2.55. The molecular weight excluding hydrogens is 220 g/mol. The zero-order valence-electron chi connectivity index (χ0n) is 12.1. The fourth-order valence-electron chi connectivity index (χ4n) is 3.31. The molecule has 18 heavy (non-hydrogen) atoms. The van der Waals surface area contributed by atoms with Crippen LogP contribution in [0.2, 0.25) is 0 Å². The van der Waals surface area contributed by atoms with Gasteiger partial charge in [-0.2, -0.15) is 0 Å². The Hall–Kier alpha value is -0.890. The molecule has 1 N–H and O–H groups in total. The number of hydrogen-bond acceptors (Lipinski definition) is 2. The summed E-state index contributed by atoms with van der Waals surface area (Å²) < 4.78 is 0. The third-order valence-electron chi connectivity index (χ3n) is 4.77. The van der Waals surface area contributed by atoms with Crippen molar-refractivity contribution in [2.75, 3.05) is 7.05 Å². The molecule has 1 aliphatic rings. The smallest absolute Gasteiger partial charge is 0.0604 e. The standard InChI is InChI=1S/C16H26N2/c1-11-7-8-14(10-13(11)3)16(17-4)15-12(2)6-5-9-18-15/h5-6,9,11,13-14,16-17H,7-8,10H2,1-4H3. The molecule has 0 aliphatic heterocycles. The van der Waals surface area contributed by atoms with E-state index in [9.17, 15) is 0 Å². The van der Waals surface area contributed by atoms with Gasteiger partial charge in [-0.1, -0.05) is 26.3 Å². The van der Waals surface area contributed by atoms with E-state index in [-0.39, 0.29) is 0 Å². The third-order valence-corrected chi connectivity index (χ3v) is 4.77. The maximum Gasteiger partial charge on any atom is 0.0604 e. The molecule has 2 heteroatoms. The minimum Gasteiger partial charge on any atom is -0.311 e. The van der Waals surface area contributed by atoms with E-state index >= 15 is 0 Å². The predicted molar refractivity (Wildman–Crippen MR) is 76.4 cm³/mol. The van der Waals surface area contributed by atoms with E-state index < -0.39 is 0 Å². The van der Waals surface area contributed by atoms with Gasteiger partial charge in [-0.3, -0.25) is 4.98 Å². The van der Waals surface area contributed by atoms with Gasteiger partial charge in [-0.05, 0) is 56.2 Å². The van der Waals surface area contributed by atoms with E-state index in [4.69, 9.17) is 0 Å². The molecule has 1 aliphatic carbocycles. The van der Waals surface area contributed by atoms with Crippen molar-refractivity contribution in [3.8, 4) is 0 Å². The lowest BCUT2D eigenvalue weighted by Gasteiger charge is -2.36. The molecule has 0 spiro atoms. The molecule has 1 heterocycles. The molecule has 100 valence electrons. The summed E-state index contributed by atoms with van der Waals surface area (Å²) in [4.78, 5) is 4.61. The second-order valence-electron chi connectivity index (χ2n) is 6.00. The first kappa shape index (κ1) is 13.5. The van der Waals surface area contributed by atoms with Gasteiger partial charge in [0.2, 0.25) is 0 Å². The fourth-order valence-corrected chi connectivity index (χ4v) is 3.31. The van der Waals surface area contributed by atoms with Crippen LogP contribution in [-0.2, 0) is 0 Å². The zero-order chi connectivity index (χ0) is 13.1. The van der Waals surface area contributed by atoms with Crippen molar-refractivity contribution >= 4 is 0 Å². The Bertz CT molecular complexity index is 388. The van der Waals surface area contributed by atoms with E-state index in [1.165, 1.54) is 30.5 Å². The predicted octanol–water partition coefficient (Wildman–Crippen LogP) is 3.72. The average molecular weight is 246 g/mol. The molecule has 0 bridgehead atoms. The summed E-state index contributed by atoms with van der Waals surface area (Å²) in [6.45, 7) is 6.96. The topological polar surface area (TPSA) is 24.9 Å². The molecular formula is C16H26N2. The number of nitrogens with one attached hydrogen (secondary N) is 1. The minimum atomic E-state index is 0.418. The lowest BCUT2D eigenvalue weighted by Crippen LogP contribution is -2.32. The number of rotatable bonds is 3. The number of pyridine rings is 1. The largest absolute Gasteiger partial charge is 0.311 e. The quantitative estimate of drug-likeness (QED) is 0.879. The summed E-state index contributed by atoms with van der Waals surface area (Å²) in [5.74, 6) is 2.45. The van der Waals surface area contributed by atoms with Gasteiger partial charge >= 0.3 is 0 Å². The van der Waals surface area contributed by atoms with Crippen LogP contribution in [0.5, 0.6) is 0 Å². The van der Waals surface area contributed by atoms with Crippen LogP contribution in [0, 0.1) is 24.7 Å². The number of hydrogen-bond donors (Lipinski definition) is 1. The highest BCUT2D eigenvalue weighted by Gasteiger charge is 2.31. The van der Waals surface area contributed by atoms with Gasteiger partial charge in [0.1, 0.15) is 0 Å². The number of aromatic nitrogens is 1. The fraction of sp³-hybridized carbons (Fsp3) is 0.688. The Morgan fingerprint density at radius 1 is 1.28 bits per heavy atom. The monoisotopic (exact) mass is 246 g/mol. The van der Waals surface area contributed by atoms with Crippen molar-refractivity contribution in [3.05, 3.63) is 29.6 Å². The number of nitrogens with zero attached hydrogens (tertiary/aromatic N) is 1. The van der Waals surface area contributed by atoms with E-state index in [1.807, 2.05) is 12.3 Å². The van der Waals surface area contributed by atoms with Crippen molar-refractivity contribution in [2.45, 2.75) is 46.1 Å².